The summed E-state index contributed by atoms with van der Waals surface area (Å²) in [6, 6.07) is 0. The molecular formula is C9H15. The molecule has 0 aliphatic heterocycles. The summed E-state index contributed by atoms with van der Waals surface area (Å²) in [5, 5.41) is 0. The second-order valence-corrected chi connectivity index (χ2v) is 3.05. The Hall–Kier alpha value is -0.260. The highest BCUT2D eigenvalue weighted by atomic mass is 14.2. The van der Waals surface area contributed by atoms with Crippen LogP contribution in [0.15, 0.2) is 11.6 Å². The molecule has 0 saturated heterocycles. The first kappa shape index (κ1) is 6.85. The van der Waals surface area contributed by atoms with E-state index in [4.69, 9.17) is 0 Å². The number of rotatable bonds is 0. The van der Waals surface area contributed by atoms with E-state index in [9.17, 15) is 0 Å². The molecule has 1 radical (unpaired) electrons. The Morgan fingerprint density at radius 3 is 2.56 bits per heavy atom. The summed E-state index contributed by atoms with van der Waals surface area (Å²) in [5.41, 5.74) is 1.55. The summed E-state index contributed by atoms with van der Waals surface area (Å²) >= 11 is 0. The van der Waals surface area contributed by atoms with Crippen LogP contribution in [0.3, 0.4) is 0 Å². The van der Waals surface area contributed by atoms with Gasteiger partial charge in [0.15, 0.2) is 0 Å². The molecule has 0 aromatic heterocycles. The molecule has 0 heterocycles. The maximum Gasteiger partial charge on any atom is -0.0175 e. The van der Waals surface area contributed by atoms with Crippen LogP contribution >= 0.6 is 0 Å². The highest BCUT2D eigenvalue weighted by Gasteiger charge is 2.16. The maximum atomic E-state index is 2.36. The normalized spacial score (nSPS) is 30.1. The molecule has 0 fully saturated rings. The summed E-state index contributed by atoms with van der Waals surface area (Å²) in [4.78, 5) is 0. The molecule has 0 saturated carbocycles. The Morgan fingerprint density at radius 2 is 2.11 bits per heavy atom. The van der Waals surface area contributed by atoms with Gasteiger partial charge >= 0.3 is 0 Å². The minimum absolute atomic E-state index is 0.749. The molecule has 0 aromatic carbocycles. The van der Waals surface area contributed by atoms with Crippen LogP contribution in [0.1, 0.15) is 33.6 Å². The Kier molecular flexibility index (Phi) is 1.94. The topological polar surface area (TPSA) is 0 Å². The van der Waals surface area contributed by atoms with Gasteiger partial charge in [-0.15, -0.1) is 0 Å². The van der Waals surface area contributed by atoms with Crippen molar-refractivity contribution in [3.63, 3.8) is 0 Å². The molecule has 1 rings (SSSR count). The van der Waals surface area contributed by atoms with Gasteiger partial charge in [-0.3, -0.25) is 0 Å². The molecule has 51 valence electrons. The standard InChI is InChI=1S/C9H15/c1-7-5-4-6-8(2)9(7)3/h5,9H,4,6H2,1-3H3. The molecule has 1 unspecified atom stereocenters. The smallest absolute Gasteiger partial charge is 0.0175 e. The third-order valence-corrected chi connectivity index (χ3v) is 2.43. The molecular weight excluding hydrogens is 108 g/mol. The Bertz CT molecular complexity index is 122. The van der Waals surface area contributed by atoms with Crippen molar-refractivity contribution >= 4 is 0 Å². The lowest BCUT2D eigenvalue weighted by atomic mass is 9.82. The highest BCUT2D eigenvalue weighted by molar-refractivity contribution is 5.16. The van der Waals surface area contributed by atoms with Crippen LogP contribution in [0.4, 0.5) is 0 Å². The number of hydrogen-bond acceptors (Lipinski definition) is 0. The van der Waals surface area contributed by atoms with Crippen LogP contribution in [-0.2, 0) is 0 Å². The van der Waals surface area contributed by atoms with E-state index in [0.717, 1.165) is 5.92 Å². The van der Waals surface area contributed by atoms with E-state index >= 15 is 0 Å². The van der Waals surface area contributed by atoms with Crippen molar-refractivity contribution in [2.45, 2.75) is 33.6 Å². The Morgan fingerprint density at radius 1 is 1.44 bits per heavy atom. The highest BCUT2D eigenvalue weighted by Crippen LogP contribution is 2.30. The van der Waals surface area contributed by atoms with Gasteiger partial charge < -0.3 is 0 Å². The average Bonchev–Trinajstić information content (AvgIpc) is 1.83. The summed E-state index contributed by atoms with van der Waals surface area (Å²) in [7, 11) is 0. The van der Waals surface area contributed by atoms with Crippen molar-refractivity contribution in [3.05, 3.63) is 17.6 Å². The van der Waals surface area contributed by atoms with E-state index in [1.165, 1.54) is 12.8 Å². The Labute approximate surface area is 58.0 Å². The van der Waals surface area contributed by atoms with Crippen molar-refractivity contribution in [1.82, 2.24) is 0 Å². The monoisotopic (exact) mass is 123 g/mol. The predicted molar refractivity (Wildman–Crippen MR) is 41.1 cm³/mol. The van der Waals surface area contributed by atoms with E-state index in [1.54, 1.807) is 11.5 Å². The van der Waals surface area contributed by atoms with Gasteiger partial charge in [0.05, 0.1) is 0 Å². The average molecular weight is 123 g/mol. The van der Waals surface area contributed by atoms with Crippen molar-refractivity contribution in [1.29, 1.82) is 0 Å². The van der Waals surface area contributed by atoms with Crippen LogP contribution in [0.5, 0.6) is 0 Å². The van der Waals surface area contributed by atoms with Gasteiger partial charge in [-0.2, -0.15) is 0 Å². The second-order valence-electron chi connectivity index (χ2n) is 3.05. The van der Waals surface area contributed by atoms with Gasteiger partial charge in [-0.05, 0) is 31.6 Å². The van der Waals surface area contributed by atoms with Gasteiger partial charge in [-0.25, -0.2) is 0 Å². The van der Waals surface area contributed by atoms with Gasteiger partial charge in [-0.1, -0.05) is 25.5 Å². The molecule has 9 heavy (non-hydrogen) atoms. The zero-order valence-corrected chi connectivity index (χ0v) is 6.57. The van der Waals surface area contributed by atoms with Gasteiger partial charge in [0, 0.05) is 0 Å². The first-order valence-electron chi connectivity index (χ1n) is 3.71. The molecule has 0 spiro atoms. The zero-order chi connectivity index (χ0) is 6.85. The van der Waals surface area contributed by atoms with Crippen LogP contribution in [0.25, 0.3) is 0 Å². The largest absolute Gasteiger partial charge is 0.0853 e. The molecule has 0 nitrogen and oxygen atoms in total. The molecule has 1 aliphatic rings. The molecule has 0 heteroatoms. The summed E-state index contributed by atoms with van der Waals surface area (Å²) in [6.45, 7) is 6.79. The minimum Gasteiger partial charge on any atom is -0.0853 e. The fourth-order valence-corrected chi connectivity index (χ4v) is 1.31. The third kappa shape index (κ3) is 1.35. The lowest BCUT2D eigenvalue weighted by Gasteiger charge is -2.24. The molecule has 1 atom stereocenters. The lowest BCUT2D eigenvalue weighted by Crippen LogP contribution is -2.10. The van der Waals surface area contributed by atoms with Gasteiger partial charge in [0.1, 0.15) is 0 Å². The Balaban J connectivity index is 2.62. The fourth-order valence-electron chi connectivity index (χ4n) is 1.31. The second kappa shape index (κ2) is 2.55. The summed E-state index contributed by atoms with van der Waals surface area (Å²) < 4.78 is 0. The van der Waals surface area contributed by atoms with E-state index in [1.807, 2.05) is 0 Å². The molecule has 0 amide bonds. The summed E-state index contributed by atoms with van der Waals surface area (Å²) in [6.07, 6.45) is 4.93. The number of allylic oxidation sites excluding steroid dienone is 2. The lowest BCUT2D eigenvalue weighted by molar-refractivity contribution is 0.600. The first-order valence-corrected chi connectivity index (χ1v) is 3.71. The SMILES string of the molecule is C[C]1CCC=C(C)C1C. The van der Waals surface area contributed by atoms with E-state index in [2.05, 4.69) is 26.8 Å². The fraction of sp³-hybridized carbons (Fsp3) is 0.667. The predicted octanol–water partition coefficient (Wildman–Crippen LogP) is 2.96. The van der Waals surface area contributed by atoms with E-state index in [-0.39, 0.29) is 0 Å². The van der Waals surface area contributed by atoms with Crippen molar-refractivity contribution < 1.29 is 0 Å². The minimum atomic E-state index is 0.749. The van der Waals surface area contributed by atoms with Gasteiger partial charge in [0.2, 0.25) is 0 Å². The van der Waals surface area contributed by atoms with Crippen LogP contribution in [0.2, 0.25) is 0 Å². The quantitative estimate of drug-likeness (QED) is 0.434. The molecule has 0 N–H and O–H groups in total. The van der Waals surface area contributed by atoms with E-state index in [0.29, 0.717) is 0 Å². The third-order valence-electron chi connectivity index (χ3n) is 2.43. The molecule has 1 aliphatic carbocycles. The van der Waals surface area contributed by atoms with Crippen LogP contribution < -0.4 is 0 Å². The summed E-state index contributed by atoms with van der Waals surface area (Å²) in [5.74, 6) is 2.40. The first-order chi connectivity index (χ1) is 4.22. The van der Waals surface area contributed by atoms with Crippen LogP contribution in [-0.4, -0.2) is 0 Å². The zero-order valence-electron chi connectivity index (χ0n) is 6.57. The van der Waals surface area contributed by atoms with Gasteiger partial charge in [0.25, 0.3) is 0 Å². The molecule has 0 aromatic rings. The maximum absolute atomic E-state index is 2.36. The number of hydrogen-bond donors (Lipinski definition) is 0. The molecule has 0 bridgehead atoms. The van der Waals surface area contributed by atoms with Crippen LogP contribution in [0, 0.1) is 11.8 Å². The van der Waals surface area contributed by atoms with Crippen molar-refractivity contribution in [2.24, 2.45) is 5.92 Å². The van der Waals surface area contributed by atoms with Crippen molar-refractivity contribution in [3.8, 4) is 0 Å². The van der Waals surface area contributed by atoms with Crippen molar-refractivity contribution in [2.75, 3.05) is 0 Å². The van der Waals surface area contributed by atoms with E-state index < -0.39 is 0 Å².